The molecule has 4 saturated carbocycles. The van der Waals surface area contributed by atoms with Crippen molar-refractivity contribution in [2.75, 3.05) is 6.54 Å². The van der Waals surface area contributed by atoms with Gasteiger partial charge in [0, 0.05) is 11.8 Å². The summed E-state index contributed by atoms with van der Waals surface area (Å²) in [5.41, 5.74) is -1.21. The number of hydrogen-bond donors (Lipinski definition) is 5. The third-order valence-corrected chi connectivity index (χ3v) is 10.8. The molecular formula is C26H43NO6. The van der Waals surface area contributed by atoms with E-state index in [4.69, 9.17) is 5.11 Å². The quantitative estimate of drug-likeness (QED) is 0.410. The number of carboxylic acids is 1. The lowest BCUT2D eigenvalue weighted by atomic mass is 9.42. The number of fused-ring (bicyclic) bond motifs is 5. The van der Waals surface area contributed by atoms with Crippen molar-refractivity contribution in [2.24, 2.45) is 40.4 Å². The number of aliphatic carboxylic acids is 1. The molecule has 0 aromatic rings. The van der Waals surface area contributed by atoms with E-state index in [2.05, 4.69) is 26.1 Å². The average molecular weight is 466 g/mol. The number of amides is 1. The van der Waals surface area contributed by atoms with E-state index < -0.39 is 17.7 Å². The normalized spacial score (nSPS) is 47.7. The fourth-order valence-corrected chi connectivity index (χ4v) is 9.04. The largest absolute Gasteiger partial charge is 0.480 e. The number of hydrogen-bond acceptors (Lipinski definition) is 5. The first kappa shape index (κ1) is 24.9. The molecule has 0 aliphatic heterocycles. The number of carbonyl (C=O) groups is 2. The maximum absolute atomic E-state index is 12.3. The van der Waals surface area contributed by atoms with Gasteiger partial charge in [-0.2, -0.15) is 0 Å². The van der Waals surface area contributed by atoms with Gasteiger partial charge in [0.1, 0.15) is 6.54 Å². The van der Waals surface area contributed by atoms with Crippen LogP contribution in [0.2, 0.25) is 0 Å². The fourth-order valence-electron chi connectivity index (χ4n) is 9.04. The van der Waals surface area contributed by atoms with Gasteiger partial charge < -0.3 is 25.7 Å². The molecule has 1 amide bonds. The lowest BCUT2D eigenvalue weighted by Gasteiger charge is -2.65. The van der Waals surface area contributed by atoms with Crippen molar-refractivity contribution in [1.29, 1.82) is 0 Å². The number of carbonyl (C=O) groups excluding carboxylic acids is 1. The molecule has 0 spiro atoms. The summed E-state index contributed by atoms with van der Waals surface area (Å²) in [6.45, 7) is 6.22. The van der Waals surface area contributed by atoms with Gasteiger partial charge in [0.2, 0.25) is 5.91 Å². The molecule has 7 nitrogen and oxygen atoms in total. The molecule has 4 rings (SSSR count). The van der Waals surface area contributed by atoms with Crippen molar-refractivity contribution in [2.45, 2.75) is 103 Å². The van der Waals surface area contributed by atoms with Gasteiger partial charge in [-0.15, -0.1) is 0 Å². The Bertz CT molecular complexity index is 774. The average Bonchev–Trinajstić information content (AvgIpc) is 3.13. The molecule has 188 valence electrons. The first-order valence-electron chi connectivity index (χ1n) is 13.0. The predicted octanol–water partition coefficient (Wildman–Crippen LogP) is 2.71. The van der Waals surface area contributed by atoms with Gasteiger partial charge in [-0.3, -0.25) is 9.59 Å². The summed E-state index contributed by atoms with van der Waals surface area (Å²) in [6, 6.07) is 0. The van der Waals surface area contributed by atoms with E-state index in [1.165, 1.54) is 0 Å². The van der Waals surface area contributed by atoms with Crippen LogP contribution in [0.4, 0.5) is 0 Å². The van der Waals surface area contributed by atoms with E-state index in [-0.39, 0.29) is 59.5 Å². The first-order valence-corrected chi connectivity index (χ1v) is 13.0. The number of rotatable bonds is 6. The highest BCUT2D eigenvalue weighted by Gasteiger charge is 2.69. The monoisotopic (exact) mass is 465 g/mol. The Labute approximate surface area is 197 Å². The zero-order chi connectivity index (χ0) is 24.2. The molecular weight excluding hydrogens is 422 g/mol. The predicted molar refractivity (Wildman–Crippen MR) is 123 cm³/mol. The van der Waals surface area contributed by atoms with Crippen molar-refractivity contribution in [1.82, 2.24) is 5.32 Å². The summed E-state index contributed by atoms with van der Waals surface area (Å²) in [4.78, 5) is 22.7. The highest BCUT2D eigenvalue weighted by atomic mass is 16.4. The zero-order valence-corrected chi connectivity index (χ0v) is 20.4. The van der Waals surface area contributed by atoms with Crippen LogP contribution in [-0.2, 0) is 9.59 Å². The third-order valence-electron chi connectivity index (χ3n) is 10.8. The summed E-state index contributed by atoms with van der Waals surface area (Å²) in [5.74, 6) is -0.389. The molecule has 5 N–H and O–H groups in total. The second-order valence-corrected chi connectivity index (χ2v) is 12.3. The molecule has 0 aromatic heterocycles. The molecule has 0 saturated heterocycles. The summed E-state index contributed by atoms with van der Waals surface area (Å²) < 4.78 is 0. The molecule has 4 fully saturated rings. The van der Waals surface area contributed by atoms with Crippen LogP contribution in [0.3, 0.4) is 0 Å². The number of aliphatic hydroxyl groups excluding tert-OH is 2. The minimum atomic E-state index is -1.05. The van der Waals surface area contributed by atoms with Crippen LogP contribution in [0.15, 0.2) is 0 Å². The summed E-state index contributed by atoms with van der Waals surface area (Å²) in [7, 11) is 0. The minimum Gasteiger partial charge on any atom is -0.480 e. The maximum atomic E-state index is 12.3. The van der Waals surface area contributed by atoms with Crippen molar-refractivity contribution in [3.8, 4) is 0 Å². The van der Waals surface area contributed by atoms with Gasteiger partial charge in [-0.05, 0) is 92.8 Å². The Morgan fingerprint density at radius 2 is 1.76 bits per heavy atom. The van der Waals surface area contributed by atoms with E-state index in [1.807, 2.05) is 0 Å². The minimum absolute atomic E-state index is 0.0386. The number of carboxylic acid groups (broad SMARTS) is 1. The smallest absolute Gasteiger partial charge is 0.322 e. The number of nitrogens with one attached hydrogen (secondary N) is 1. The zero-order valence-electron chi connectivity index (χ0n) is 20.4. The first-order chi connectivity index (χ1) is 15.4. The van der Waals surface area contributed by atoms with Crippen LogP contribution in [0.5, 0.6) is 0 Å². The van der Waals surface area contributed by atoms with Crippen LogP contribution in [0, 0.1) is 40.4 Å². The molecule has 0 unspecified atom stereocenters. The van der Waals surface area contributed by atoms with Gasteiger partial charge in [0.25, 0.3) is 0 Å². The standard InChI is InChI=1S/C26H43NO6/c1-15(4-7-22(30)27-14-23(31)32)18-5-6-19-25(18,3)21(29)13-20-24(2)10-9-17(28)12-16(24)8-11-26(19,20)33/h15-21,28-29,33H,4-14H2,1-3H3,(H,27,30)(H,31,32)/t15-,16-,17+,18-,19+,20-,21-,24-,25+,26-/m0/s1. The van der Waals surface area contributed by atoms with E-state index in [0.717, 1.165) is 44.9 Å². The van der Waals surface area contributed by atoms with Gasteiger partial charge in [-0.1, -0.05) is 20.8 Å². The molecule has 10 atom stereocenters. The van der Waals surface area contributed by atoms with E-state index in [9.17, 15) is 24.9 Å². The molecule has 0 heterocycles. The Kier molecular flexibility index (Phi) is 6.64. The van der Waals surface area contributed by atoms with Crippen LogP contribution in [0.1, 0.15) is 85.0 Å². The SMILES string of the molecule is C[C@@H](CCC(=O)NCC(=O)O)[C@@H]1CC[C@H]2[C@@]3(O)CC[C@H]4C[C@H](O)CC[C@]4(C)[C@@H]3C[C@H](O)[C@]12C. The van der Waals surface area contributed by atoms with Gasteiger partial charge in [0.15, 0.2) is 0 Å². The summed E-state index contributed by atoms with van der Waals surface area (Å²) >= 11 is 0. The Morgan fingerprint density at radius 3 is 2.45 bits per heavy atom. The maximum Gasteiger partial charge on any atom is 0.322 e. The van der Waals surface area contributed by atoms with Crippen molar-refractivity contribution < 1.29 is 30.0 Å². The lowest BCUT2D eigenvalue weighted by Crippen LogP contribution is -2.67. The molecule has 0 radical (unpaired) electrons. The summed E-state index contributed by atoms with van der Waals surface area (Å²) in [6.07, 6.45) is 6.80. The highest BCUT2D eigenvalue weighted by molar-refractivity contribution is 5.81. The Hall–Kier alpha value is -1.18. The van der Waals surface area contributed by atoms with Crippen LogP contribution in [0.25, 0.3) is 0 Å². The molecule has 0 aromatic carbocycles. The lowest BCUT2D eigenvalue weighted by molar-refractivity contribution is -0.254. The molecule has 4 aliphatic rings. The second kappa shape index (κ2) is 8.80. The Morgan fingerprint density at radius 1 is 1.03 bits per heavy atom. The van der Waals surface area contributed by atoms with E-state index in [0.29, 0.717) is 18.8 Å². The topological polar surface area (TPSA) is 127 Å². The molecule has 0 bridgehead atoms. The van der Waals surface area contributed by atoms with Crippen LogP contribution < -0.4 is 5.32 Å². The Balaban J connectivity index is 1.50. The molecule has 7 heteroatoms. The van der Waals surface area contributed by atoms with Crippen LogP contribution in [-0.4, -0.2) is 56.7 Å². The number of aliphatic hydroxyl groups is 3. The van der Waals surface area contributed by atoms with Crippen molar-refractivity contribution in [3.63, 3.8) is 0 Å². The van der Waals surface area contributed by atoms with Gasteiger partial charge in [0.05, 0.1) is 17.8 Å². The second-order valence-electron chi connectivity index (χ2n) is 12.3. The van der Waals surface area contributed by atoms with E-state index >= 15 is 0 Å². The van der Waals surface area contributed by atoms with Crippen molar-refractivity contribution in [3.05, 3.63) is 0 Å². The highest BCUT2D eigenvalue weighted by Crippen LogP contribution is 2.69. The molecule has 4 aliphatic carbocycles. The molecule has 33 heavy (non-hydrogen) atoms. The van der Waals surface area contributed by atoms with Gasteiger partial charge in [-0.25, -0.2) is 0 Å². The third kappa shape index (κ3) is 4.02. The fraction of sp³-hybridized carbons (Fsp3) is 0.923. The van der Waals surface area contributed by atoms with Crippen molar-refractivity contribution >= 4 is 11.9 Å². The summed E-state index contributed by atoms with van der Waals surface area (Å²) in [5, 5.41) is 45.3. The van der Waals surface area contributed by atoms with Crippen LogP contribution >= 0.6 is 0 Å². The van der Waals surface area contributed by atoms with Gasteiger partial charge >= 0.3 is 5.97 Å². The van der Waals surface area contributed by atoms with E-state index in [1.54, 1.807) is 0 Å².